The van der Waals surface area contributed by atoms with Gasteiger partial charge in [-0.1, -0.05) is 0 Å². The van der Waals surface area contributed by atoms with E-state index in [4.69, 9.17) is 9.47 Å². The molecule has 17 heavy (non-hydrogen) atoms. The van der Waals surface area contributed by atoms with Crippen LogP contribution in [0.4, 0.5) is 0 Å². The van der Waals surface area contributed by atoms with Gasteiger partial charge in [-0.25, -0.2) is 0 Å². The lowest BCUT2D eigenvalue weighted by Crippen LogP contribution is -2.48. The van der Waals surface area contributed by atoms with Crippen LogP contribution in [0.15, 0.2) is 0 Å². The van der Waals surface area contributed by atoms with Crippen LogP contribution in [0.2, 0.25) is 0 Å². The topological polar surface area (TPSA) is 35.5 Å². The minimum absolute atomic E-state index is 0.0846. The van der Waals surface area contributed by atoms with E-state index < -0.39 is 0 Å². The van der Waals surface area contributed by atoms with Crippen molar-refractivity contribution >= 4 is 5.78 Å². The first-order chi connectivity index (χ1) is 8.20. The summed E-state index contributed by atoms with van der Waals surface area (Å²) in [6, 6.07) is 0. The van der Waals surface area contributed by atoms with Crippen LogP contribution in [-0.2, 0) is 14.3 Å². The summed E-state index contributed by atoms with van der Waals surface area (Å²) in [7, 11) is 0. The Bertz CT molecular complexity index is 309. The molecule has 2 aliphatic heterocycles. The third kappa shape index (κ3) is 2.04. The SMILES string of the molecule is CC1OCCC1C(=O)C1CCOC2(CCC2)C1. The van der Waals surface area contributed by atoms with Crippen LogP contribution in [0, 0.1) is 11.8 Å². The second-order valence-electron chi connectivity index (χ2n) is 5.95. The van der Waals surface area contributed by atoms with Gasteiger partial charge in [0.15, 0.2) is 0 Å². The lowest BCUT2D eigenvalue weighted by atomic mass is 9.69. The van der Waals surface area contributed by atoms with Gasteiger partial charge in [0.2, 0.25) is 0 Å². The standard InChI is InChI=1S/C14H22O3/c1-10-12(4-7-16-10)13(15)11-3-8-17-14(9-11)5-2-6-14/h10-12H,2-9H2,1H3. The van der Waals surface area contributed by atoms with Crippen LogP contribution in [0.3, 0.4) is 0 Å². The van der Waals surface area contributed by atoms with Crippen molar-refractivity contribution in [3.8, 4) is 0 Å². The van der Waals surface area contributed by atoms with E-state index >= 15 is 0 Å². The molecule has 3 heteroatoms. The van der Waals surface area contributed by atoms with Crippen molar-refractivity contribution < 1.29 is 14.3 Å². The number of hydrogen-bond donors (Lipinski definition) is 0. The third-order valence-corrected chi connectivity index (χ3v) is 4.90. The molecule has 0 radical (unpaired) electrons. The first kappa shape index (κ1) is 11.7. The van der Waals surface area contributed by atoms with Crippen LogP contribution in [0.1, 0.15) is 45.4 Å². The van der Waals surface area contributed by atoms with E-state index in [0.29, 0.717) is 5.78 Å². The smallest absolute Gasteiger partial charge is 0.141 e. The van der Waals surface area contributed by atoms with Crippen molar-refractivity contribution in [3.63, 3.8) is 0 Å². The first-order valence-corrected chi connectivity index (χ1v) is 6.99. The normalized spacial score (nSPS) is 40.2. The molecule has 0 aromatic heterocycles. The lowest BCUT2D eigenvalue weighted by Gasteiger charge is -2.47. The maximum Gasteiger partial charge on any atom is 0.141 e. The number of hydrogen-bond acceptors (Lipinski definition) is 3. The van der Waals surface area contributed by atoms with E-state index in [2.05, 4.69) is 0 Å². The summed E-state index contributed by atoms with van der Waals surface area (Å²) in [5.74, 6) is 0.831. The molecule has 0 amide bonds. The molecule has 2 heterocycles. The van der Waals surface area contributed by atoms with Crippen molar-refractivity contribution in [2.24, 2.45) is 11.8 Å². The molecule has 1 spiro atoms. The molecule has 3 atom stereocenters. The zero-order chi connectivity index (χ0) is 11.9. The van der Waals surface area contributed by atoms with Crippen LogP contribution in [0.5, 0.6) is 0 Å². The maximum atomic E-state index is 12.5. The Morgan fingerprint density at radius 2 is 2.06 bits per heavy atom. The fourth-order valence-electron chi connectivity index (χ4n) is 3.60. The number of carbonyl (C=O) groups excluding carboxylic acids is 1. The molecule has 1 saturated carbocycles. The van der Waals surface area contributed by atoms with Gasteiger partial charge in [-0.05, 0) is 45.4 Å². The highest BCUT2D eigenvalue weighted by atomic mass is 16.5. The van der Waals surface area contributed by atoms with Gasteiger partial charge in [-0.2, -0.15) is 0 Å². The van der Waals surface area contributed by atoms with Crippen molar-refractivity contribution in [3.05, 3.63) is 0 Å². The molecule has 3 fully saturated rings. The second kappa shape index (κ2) is 4.36. The minimum Gasteiger partial charge on any atom is -0.378 e. The van der Waals surface area contributed by atoms with Crippen molar-refractivity contribution in [1.82, 2.24) is 0 Å². The van der Waals surface area contributed by atoms with Gasteiger partial charge in [0.25, 0.3) is 0 Å². The van der Waals surface area contributed by atoms with E-state index in [0.717, 1.165) is 45.3 Å². The molecule has 0 aromatic carbocycles. The Hall–Kier alpha value is -0.410. The van der Waals surface area contributed by atoms with E-state index in [-0.39, 0.29) is 23.5 Å². The fraction of sp³-hybridized carbons (Fsp3) is 0.929. The summed E-state index contributed by atoms with van der Waals surface area (Å²) in [6.45, 7) is 3.57. The number of Topliss-reactive ketones (excluding diaryl/α,β-unsaturated/α-hetero) is 1. The molecular formula is C14H22O3. The largest absolute Gasteiger partial charge is 0.378 e. The van der Waals surface area contributed by atoms with E-state index in [1.165, 1.54) is 6.42 Å². The number of rotatable bonds is 2. The number of ketones is 1. The Morgan fingerprint density at radius 1 is 1.24 bits per heavy atom. The highest BCUT2D eigenvalue weighted by Gasteiger charge is 2.46. The molecule has 1 aliphatic carbocycles. The van der Waals surface area contributed by atoms with Gasteiger partial charge in [0.05, 0.1) is 11.7 Å². The molecule has 3 unspecified atom stereocenters. The quantitative estimate of drug-likeness (QED) is 0.740. The fourth-order valence-corrected chi connectivity index (χ4v) is 3.60. The molecule has 0 bridgehead atoms. The summed E-state index contributed by atoms with van der Waals surface area (Å²) < 4.78 is 11.4. The summed E-state index contributed by atoms with van der Waals surface area (Å²) in [5, 5.41) is 0. The van der Waals surface area contributed by atoms with Crippen molar-refractivity contribution in [1.29, 1.82) is 0 Å². The molecule has 3 aliphatic rings. The lowest BCUT2D eigenvalue weighted by molar-refractivity contribution is -0.158. The Balaban J connectivity index is 1.65. The Morgan fingerprint density at radius 3 is 2.65 bits per heavy atom. The number of carbonyl (C=O) groups is 1. The van der Waals surface area contributed by atoms with Crippen LogP contribution < -0.4 is 0 Å². The second-order valence-corrected chi connectivity index (χ2v) is 5.95. The minimum atomic E-state index is 0.0846. The predicted molar refractivity (Wildman–Crippen MR) is 63.8 cm³/mol. The van der Waals surface area contributed by atoms with Gasteiger partial charge in [-0.3, -0.25) is 4.79 Å². The van der Waals surface area contributed by atoms with Crippen molar-refractivity contribution in [2.75, 3.05) is 13.2 Å². The van der Waals surface area contributed by atoms with Gasteiger partial charge in [-0.15, -0.1) is 0 Å². The summed E-state index contributed by atoms with van der Waals surface area (Å²) in [6.07, 6.45) is 6.52. The van der Waals surface area contributed by atoms with Crippen molar-refractivity contribution in [2.45, 2.75) is 57.2 Å². The van der Waals surface area contributed by atoms with Gasteiger partial charge in [0.1, 0.15) is 5.78 Å². The first-order valence-electron chi connectivity index (χ1n) is 6.99. The molecule has 3 nitrogen and oxygen atoms in total. The summed E-state index contributed by atoms with van der Waals surface area (Å²) >= 11 is 0. The highest BCUT2D eigenvalue weighted by molar-refractivity contribution is 5.84. The molecule has 96 valence electrons. The summed E-state index contributed by atoms with van der Waals surface area (Å²) in [4.78, 5) is 12.5. The van der Waals surface area contributed by atoms with Gasteiger partial charge < -0.3 is 9.47 Å². The Kier molecular flexibility index (Phi) is 2.99. The van der Waals surface area contributed by atoms with Crippen LogP contribution >= 0.6 is 0 Å². The van der Waals surface area contributed by atoms with Gasteiger partial charge in [0, 0.05) is 25.0 Å². The van der Waals surface area contributed by atoms with Crippen LogP contribution in [-0.4, -0.2) is 30.7 Å². The summed E-state index contributed by atoms with van der Waals surface area (Å²) in [5.41, 5.74) is 0.0846. The van der Waals surface area contributed by atoms with Gasteiger partial charge >= 0.3 is 0 Å². The highest BCUT2D eigenvalue weighted by Crippen LogP contribution is 2.45. The Labute approximate surface area is 103 Å². The molecule has 3 rings (SSSR count). The average molecular weight is 238 g/mol. The molecule has 0 N–H and O–H groups in total. The third-order valence-electron chi connectivity index (χ3n) is 4.90. The zero-order valence-corrected chi connectivity index (χ0v) is 10.6. The maximum absolute atomic E-state index is 12.5. The predicted octanol–water partition coefficient (Wildman–Crippen LogP) is 2.33. The zero-order valence-electron chi connectivity index (χ0n) is 10.6. The van der Waals surface area contributed by atoms with E-state index in [1.807, 2.05) is 6.92 Å². The number of ether oxygens (including phenoxy) is 2. The molecule has 2 saturated heterocycles. The van der Waals surface area contributed by atoms with E-state index in [1.54, 1.807) is 0 Å². The van der Waals surface area contributed by atoms with Crippen LogP contribution in [0.25, 0.3) is 0 Å². The average Bonchev–Trinajstić information content (AvgIpc) is 2.73. The molecular weight excluding hydrogens is 216 g/mol. The van der Waals surface area contributed by atoms with E-state index in [9.17, 15) is 4.79 Å². The molecule has 0 aromatic rings. The monoisotopic (exact) mass is 238 g/mol.